The number of nitrogens with one attached hydrogen (secondary N) is 1. The molecule has 1 aliphatic carbocycles. The van der Waals surface area contributed by atoms with Crippen molar-refractivity contribution in [3.05, 3.63) is 44.9 Å². The second-order valence-corrected chi connectivity index (χ2v) is 7.29. The van der Waals surface area contributed by atoms with Gasteiger partial charge in [-0.25, -0.2) is 4.98 Å². The van der Waals surface area contributed by atoms with Crippen molar-refractivity contribution in [1.82, 2.24) is 4.98 Å². The molecule has 0 radical (unpaired) electrons. The highest BCUT2D eigenvalue weighted by Gasteiger charge is 2.14. The average Bonchev–Trinajstić information content (AvgIpc) is 2.93. The molecule has 0 fully saturated rings. The third-order valence-electron chi connectivity index (χ3n) is 4.28. The molecule has 130 valence electrons. The number of halogens is 1. The molecule has 0 bridgehead atoms. The number of hydrogen-bond donors (Lipinski definition) is 2. The number of anilines is 1. The summed E-state index contributed by atoms with van der Waals surface area (Å²) in [4.78, 5) is 10.6. The lowest BCUT2D eigenvalue weighted by Gasteiger charge is -2.07. The molecule has 0 amide bonds. The highest BCUT2D eigenvalue weighted by Crippen LogP contribution is 2.26. The Kier molecular flexibility index (Phi) is 7.03. The van der Waals surface area contributed by atoms with Gasteiger partial charge >= 0.3 is 0 Å². The molecule has 1 aromatic heterocycles. The average molecular weight is 456 g/mol. The maximum atomic E-state index is 5.98. The number of guanidine groups is 1. The van der Waals surface area contributed by atoms with E-state index in [2.05, 4.69) is 36.3 Å². The highest BCUT2D eigenvalue weighted by molar-refractivity contribution is 14.0. The van der Waals surface area contributed by atoms with Crippen LogP contribution in [-0.4, -0.2) is 17.5 Å². The predicted octanol–water partition coefficient (Wildman–Crippen LogP) is 4.23. The van der Waals surface area contributed by atoms with Crippen molar-refractivity contribution in [2.75, 3.05) is 11.9 Å². The van der Waals surface area contributed by atoms with E-state index in [0.717, 1.165) is 18.5 Å². The van der Waals surface area contributed by atoms with Crippen LogP contribution in [0, 0.1) is 13.8 Å². The van der Waals surface area contributed by atoms with Gasteiger partial charge in [-0.2, -0.15) is 0 Å². The number of hydrogen-bond acceptors (Lipinski definition) is 3. The fraction of sp³-hybridized carbons (Fsp3) is 0.444. The molecule has 6 heteroatoms. The molecule has 24 heavy (non-hydrogen) atoms. The van der Waals surface area contributed by atoms with E-state index in [-0.39, 0.29) is 24.0 Å². The number of aliphatic imine (C=N–C) groups is 1. The van der Waals surface area contributed by atoms with Gasteiger partial charge in [-0.1, -0.05) is 6.07 Å². The van der Waals surface area contributed by atoms with E-state index in [1.54, 1.807) is 0 Å². The topological polar surface area (TPSA) is 63.3 Å². The van der Waals surface area contributed by atoms with Gasteiger partial charge in [0.05, 0.1) is 10.7 Å². The first-order chi connectivity index (χ1) is 11.1. The van der Waals surface area contributed by atoms with Gasteiger partial charge in [0.1, 0.15) is 0 Å². The molecule has 0 saturated carbocycles. The molecule has 1 aromatic carbocycles. The van der Waals surface area contributed by atoms with Crippen LogP contribution in [0.4, 0.5) is 5.69 Å². The van der Waals surface area contributed by atoms with E-state index in [1.807, 2.05) is 17.4 Å². The van der Waals surface area contributed by atoms with Crippen molar-refractivity contribution in [1.29, 1.82) is 0 Å². The molecule has 2 aromatic rings. The summed E-state index contributed by atoms with van der Waals surface area (Å²) < 4.78 is 0. The summed E-state index contributed by atoms with van der Waals surface area (Å²) >= 11 is 1.85. The Morgan fingerprint density at radius 2 is 2.04 bits per heavy atom. The summed E-state index contributed by atoms with van der Waals surface area (Å²) in [6, 6.07) is 6.21. The lowest BCUT2D eigenvalue weighted by Crippen LogP contribution is -2.23. The summed E-state index contributed by atoms with van der Waals surface area (Å²) in [7, 11) is 0. The van der Waals surface area contributed by atoms with Gasteiger partial charge in [-0.3, -0.25) is 4.99 Å². The SMILES string of the molecule is Cc1ccc(NC(N)=NCCc2nc3c(s2)CCCC3)cc1C.I. The second kappa shape index (κ2) is 8.80. The number of aryl methyl sites for hydroxylation is 4. The van der Waals surface area contributed by atoms with Crippen molar-refractivity contribution in [3.63, 3.8) is 0 Å². The van der Waals surface area contributed by atoms with Crippen LogP contribution < -0.4 is 11.1 Å². The van der Waals surface area contributed by atoms with E-state index in [4.69, 9.17) is 10.7 Å². The maximum Gasteiger partial charge on any atom is 0.193 e. The molecule has 1 aliphatic rings. The molecule has 4 nitrogen and oxygen atoms in total. The number of benzene rings is 1. The molecule has 0 spiro atoms. The van der Waals surface area contributed by atoms with E-state index in [1.165, 1.54) is 46.0 Å². The number of fused-ring (bicyclic) bond motifs is 1. The minimum atomic E-state index is 0. The van der Waals surface area contributed by atoms with Crippen LogP contribution in [0.1, 0.15) is 39.5 Å². The van der Waals surface area contributed by atoms with Gasteiger partial charge in [0, 0.05) is 23.5 Å². The Bertz CT molecular complexity index is 700. The molecule has 0 atom stereocenters. The van der Waals surface area contributed by atoms with Gasteiger partial charge in [-0.05, 0) is 62.8 Å². The van der Waals surface area contributed by atoms with Crippen LogP contribution in [0.2, 0.25) is 0 Å². The van der Waals surface area contributed by atoms with Gasteiger partial charge in [0.25, 0.3) is 0 Å². The Hall–Kier alpha value is -1.15. The standard InChI is InChI=1S/C18H24N4S.HI/c1-12-7-8-14(11-13(12)2)21-18(19)20-10-9-17-22-15-5-3-4-6-16(15)23-17;/h7-8,11H,3-6,9-10H2,1-2H3,(H3,19,20,21);1H. The molecule has 3 rings (SSSR count). The molecular formula is C18H25IN4S. The first-order valence-electron chi connectivity index (χ1n) is 8.23. The molecule has 3 N–H and O–H groups in total. The van der Waals surface area contributed by atoms with Crippen molar-refractivity contribution in [2.45, 2.75) is 46.0 Å². The molecule has 0 saturated heterocycles. The Morgan fingerprint density at radius 1 is 1.25 bits per heavy atom. The number of nitrogens with two attached hydrogens (primary N) is 1. The summed E-state index contributed by atoms with van der Waals surface area (Å²) in [5.41, 5.74) is 10.8. The summed E-state index contributed by atoms with van der Waals surface area (Å²) in [6.07, 6.45) is 5.80. The lowest BCUT2D eigenvalue weighted by molar-refractivity contribution is 0.680. The minimum Gasteiger partial charge on any atom is -0.370 e. The van der Waals surface area contributed by atoms with E-state index < -0.39 is 0 Å². The first-order valence-corrected chi connectivity index (χ1v) is 9.05. The lowest BCUT2D eigenvalue weighted by atomic mass is 10.0. The van der Waals surface area contributed by atoms with Crippen LogP contribution in [0.3, 0.4) is 0 Å². The zero-order chi connectivity index (χ0) is 16.2. The summed E-state index contributed by atoms with van der Waals surface area (Å²) in [6.45, 7) is 4.87. The summed E-state index contributed by atoms with van der Waals surface area (Å²) in [5.74, 6) is 0.467. The zero-order valence-electron chi connectivity index (χ0n) is 14.3. The second-order valence-electron chi connectivity index (χ2n) is 6.13. The van der Waals surface area contributed by atoms with Crippen molar-refractivity contribution in [2.24, 2.45) is 10.7 Å². The predicted molar refractivity (Wildman–Crippen MR) is 114 cm³/mol. The minimum absolute atomic E-state index is 0. The van der Waals surface area contributed by atoms with Crippen LogP contribution in [0.25, 0.3) is 0 Å². The van der Waals surface area contributed by atoms with Crippen LogP contribution in [0.5, 0.6) is 0 Å². The number of nitrogens with zero attached hydrogens (tertiary/aromatic N) is 2. The van der Waals surface area contributed by atoms with E-state index in [0.29, 0.717) is 12.5 Å². The third-order valence-corrected chi connectivity index (χ3v) is 5.49. The van der Waals surface area contributed by atoms with Crippen molar-refractivity contribution >= 4 is 47.0 Å². The number of aromatic nitrogens is 1. The van der Waals surface area contributed by atoms with Crippen molar-refractivity contribution in [3.8, 4) is 0 Å². The number of rotatable bonds is 4. The number of thiazole rings is 1. The Labute approximate surface area is 165 Å². The molecule has 0 aliphatic heterocycles. The molecule has 0 unspecified atom stereocenters. The van der Waals surface area contributed by atoms with Crippen molar-refractivity contribution < 1.29 is 0 Å². The first kappa shape index (κ1) is 19.2. The maximum absolute atomic E-state index is 5.98. The van der Waals surface area contributed by atoms with E-state index in [9.17, 15) is 0 Å². The monoisotopic (exact) mass is 456 g/mol. The van der Waals surface area contributed by atoms with Crippen LogP contribution in [-0.2, 0) is 19.3 Å². The Morgan fingerprint density at radius 3 is 2.79 bits per heavy atom. The quantitative estimate of drug-likeness (QED) is 0.411. The third kappa shape index (κ3) is 4.92. The van der Waals surface area contributed by atoms with Gasteiger partial charge in [-0.15, -0.1) is 35.3 Å². The molecule has 1 heterocycles. The normalized spacial score (nSPS) is 14.0. The molecular weight excluding hydrogens is 431 g/mol. The largest absolute Gasteiger partial charge is 0.370 e. The highest BCUT2D eigenvalue weighted by atomic mass is 127. The van der Waals surface area contributed by atoms with Gasteiger partial charge in [0.2, 0.25) is 0 Å². The van der Waals surface area contributed by atoms with E-state index >= 15 is 0 Å². The fourth-order valence-corrected chi connectivity index (χ4v) is 3.94. The van der Waals surface area contributed by atoms with Gasteiger partial charge < -0.3 is 11.1 Å². The van der Waals surface area contributed by atoms with Crippen LogP contribution in [0.15, 0.2) is 23.2 Å². The van der Waals surface area contributed by atoms with Gasteiger partial charge in [0.15, 0.2) is 5.96 Å². The summed E-state index contributed by atoms with van der Waals surface area (Å²) in [5, 5.41) is 4.35. The Balaban J connectivity index is 0.00000208. The zero-order valence-corrected chi connectivity index (χ0v) is 17.4. The smallest absolute Gasteiger partial charge is 0.193 e. The van der Waals surface area contributed by atoms with Crippen LogP contribution >= 0.6 is 35.3 Å². The fourth-order valence-electron chi connectivity index (χ4n) is 2.79.